The lowest BCUT2D eigenvalue weighted by Crippen LogP contribution is -2.16. The number of carbonyl (C=O) groups excluding carboxylic acids is 1. The first-order valence-corrected chi connectivity index (χ1v) is 9.91. The fourth-order valence-electron chi connectivity index (χ4n) is 3.52. The summed E-state index contributed by atoms with van der Waals surface area (Å²) >= 11 is 3.42. The molecule has 29 heavy (non-hydrogen) atoms. The summed E-state index contributed by atoms with van der Waals surface area (Å²) in [5, 5.41) is 9.48. The Balaban J connectivity index is 1.49. The number of nitrogens with zero attached hydrogens (tertiary/aromatic N) is 1. The molecule has 5 rings (SSSR count). The summed E-state index contributed by atoms with van der Waals surface area (Å²) in [6, 6.07) is 25.8. The third kappa shape index (κ3) is 3.30. The molecule has 0 atom stereocenters. The minimum atomic E-state index is -0.391. The highest BCUT2D eigenvalue weighted by Gasteiger charge is 2.12. The lowest BCUT2D eigenvalue weighted by atomic mass is 9.97. The maximum atomic E-state index is 12.5. The molecule has 0 radical (unpaired) electrons. The van der Waals surface area contributed by atoms with E-state index in [-0.39, 0.29) is 5.76 Å². The van der Waals surface area contributed by atoms with Crippen LogP contribution >= 0.6 is 15.9 Å². The standard InChI is InChI=1S/C24H15BrN2O2/c25-18-9-10-22-17(12-18)13-23(29-22)24(28)27-26-14-21-19-7-3-1-5-15(19)11-16-6-2-4-8-20(16)21/h1-14H,(H,27,28)/b26-14+. The minimum absolute atomic E-state index is 0.220. The number of carbonyl (C=O) groups is 1. The molecule has 1 heterocycles. The second-order valence-corrected chi connectivity index (χ2v) is 7.64. The van der Waals surface area contributed by atoms with Crippen molar-refractivity contribution in [3.63, 3.8) is 0 Å². The number of halogens is 1. The number of hydrazone groups is 1. The Bertz CT molecular complexity index is 1360. The average Bonchev–Trinajstić information content (AvgIpc) is 3.16. The van der Waals surface area contributed by atoms with E-state index in [1.807, 2.05) is 42.5 Å². The van der Waals surface area contributed by atoms with Crippen LogP contribution in [-0.4, -0.2) is 12.1 Å². The summed E-state index contributed by atoms with van der Waals surface area (Å²) in [5.41, 5.74) is 4.20. The van der Waals surface area contributed by atoms with Gasteiger partial charge in [-0.3, -0.25) is 4.79 Å². The Kier molecular flexibility index (Phi) is 4.37. The van der Waals surface area contributed by atoms with Crippen LogP contribution in [-0.2, 0) is 0 Å². The first-order valence-electron chi connectivity index (χ1n) is 9.12. The zero-order valence-electron chi connectivity index (χ0n) is 15.2. The van der Waals surface area contributed by atoms with Crippen LogP contribution in [0.15, 0.2) is 92.9 Å². The fourth-order valence-corrected chi connectivity index (χ4v) is 3.90. The lowest BCUT2D eigenvalue weighted by Gasteiger charge is -2.07. The molecule has 1 aromatic heterocycles. The van der Waals surface area contributed by atoms with Crippen molar-refractivity contribution in [2.45, 2.75) is 0 Å². The maximum Gasteiger partial charge on any atom is 0.307 e. The topological polar surface area (TPSA) is 54.6 Å². The molecular formula is C24H15BrN2O2. The molecule has 0 aliphatic carbocycles. The van der Waals surface area contributed by atoms with Crippen molar-refractivity contribution >= 4 is 60.6 Å². The Morgan fingerprint density at radius 1 is 0.862 bits per heavy atom. The average molecular weight is 443 g/mol. The second kappa shape index (κ2) is 7.18. The third-order valence-electron chi connectivity index (χ3n) is 4.87. The van der Waals surface area contributed by atoms with Crippen LogP contribution in [0.2, 0.25) is 0 Å². The van der Waals surface area contributed by atoms with Gasteiger partial charge in [0.2, 0.25) is 0 Å². The van der Waals surface area contributed by atoms with Crippen molar-refractivity contribution < 1.29 is 9.21 Å². The van der Waals surface area contributed by atoms with Crippen LogP contribution in [0.1, 0.15) is 16.1 Å². The predicted octanol–water partition coefficient (Wildman–Crippen LogP) is 6.27. The van der Waals surface area contributed by atoms with Crippen LogP contribution in [0.25, 0.3) is 32.5 Å². The van der Waals surface area contributed by atoms with E-state index in [0.29, 0.717) is 5.58 Å². The quantitative estimate of drug-likeness (QED) is 0.203. The zero-order chi connectivity index (χ0) is 19.8. The molecule has 5 heteroatoms. The van der Waals surface area contributed by atoms with Crippen molar-refractivity contribution in [1.82, 2.24) is 5.43 Å². The van der Waals surface area contributed by atoms with Gasteiger partial charge in [0.15, 0.2) is 5.76 Å². The Morgan fingerprint density at radius 2 is 1.55 bits per heavy atom. The summed E-state index contributed by atoms with van der Waals surface area (Å²) in [7, 11) is 0. The summed E-state index contributed by atoms with van der Waals surface area (Å²) in [6.07, 6.45) is 1.70. The molecule has 0 saturated carbocycles. The normalized spacial score (nSPS) is 11.6. The molecule has 0 aliphatic rings. The molecule has 0 unspecified atom stereocenters. The van der Waals surface area contributed by atoms with Gasteiger partial charge in [-0.05, 0) is 51.9 Å². The minimum Gasteiger partial charge on any atom is -0.451 e. The van der Waals surface area contributed by atoms with E-state index in [1.165, 1.54) is 0 Å². The predicted molar refractivity (Wildman–Crippen MR) is 120 cm³/mol. The van der Waals surface area contributed by atoms with Crippen molar-refractivity contribution in [3.8, 4) is 0 Å². The van der Waals surface area contributed by atoms with E-state index >= 15 is 0 Å². The number of hydrogen-bond acceptors (Lipinski definition) is 3. The summed E-state index contributed by atoms with van der Waals surface area (Å²) in [6.45, 7) is 0. The molecule has 4 nitrogen and oxygen atoms in total. The molecule has 0 saturated heterocycles. The van der Waals surface area contributed by atoms with Crippen LogP contribution in [0.3, 0.4) is 0 Å². The summed E-state index contributed by atoms with van der Waals surface area (Å²) in [4.78, 5) is 12.5. The van der Waals surface area contributed by atoms with Crippen molar-refractivity contribution in [2.75, 3.05) is 0 Å². The summed E-state index contributed by atoms with van der Waals surface area (Å²) in [5.74, 6) is -0.170. The molecule has 0 aliphatic heterocycles. The molecule has 0 bridgehead atoms. The highest BCUT2D eigenvalue weighted by atomic mass is 79.9. The Labute approximate surface area is 175 Å². The van der Waals surface area contributed by atoms with Crippen LogP contribution in [0.4, 0.5) is 0 Å². The van der Waals surface area contributed by atoms with Crippen LogP contribution in [0, 0.1) is 0 Å². The van der Waals surface area contributed by atoms with Crippen molar-refractivity contribution in [3.05, 3.63) is 94.7 Å². The number of hydrogen-bond donors (Lipinski definition) is 1. The lowest BCUT2D eigenvalue weighted by molar-refractivity contribution is 0.0929. The van der Waals surface area contributed by atoms with E-state index in [2.05, 4.69) is 56.8 Å². The molecule has 1 amide bonds. The zero-order valence-corrected chi connectivity index (χ0v) is 16.8. The molecule has 4 aromatic carbocycles. The molecule has 0 fully saturated rings. The monoisotopic (exact) mass is 442 g/mol. The van der Waals surface area contributed by atoms with Gasteiger partial charge in [0, 0.05) is 15.4 Å². The number of rotatable bonds is 3. The Morgan fingerprint density at radius 3 is 2.28 bits per heavy atom. The van der Waals surface area contributed by atoms with Crippen LogP contribution in [0.5, 0.6) is 0 Å². The number of nitrogens with one attached hydrogen (secondary N) is 1. The second-order valence-electron chi connectivity index (χ2n) is 6.72. The van der Waals surface area contributed by atoms with Gasteiger partial charge >= 0.3 is 5.91 Å². The third-order valence-corrected chi connectivity index (χ3v) is 5.37. The number of benzene rings is 4. The fraction of sp³-hybridized carbons (Fsp3) is 0. The van der Waals surface area contributed by atoms with E-state index in [9.17, 15) is 4.79 Å². The molecule has 5 aromatic rings. The smallest absolute Gasteiger partial charge is 0.307 e. The van der Waals surface area contributed by atoms with Crippen molar-refractivity contribution in [1.29, 1.82) is 0 Å². The molecule has 1 N–H and O–H groups in total. The Hall–Kier alpha value is -3.44. The van der Waals surface area contributed by atoms with Crippen LogP contribution < -0.4 is 5.43 Å². The van der Waals surface area contributed by atoms with Gasteiger partial charge in [-0.25, -0.2) is 5.43 Å². The molecular weight excluding hydrogens is 428 g/mol. The van der Waals surface area contributed by atoms with Gasteiger partial charge in [-0.2, -0.15) is 5.10 Å². The molecule has 0 spiro atoms. The SMILES string of the molecule is O=C(N/N=C/c1c2ccccc2cc2ccccc12)c1cc2cc(Br)ccc2o1. The van der Waals surface area contributed by atoms with Gasteiger partial charge in [-0.15, -0.1) is 0 Å². The number of fused-ring (bicyclic) bond motifs is 3. The van der Waals surface area contributed by atoms with E-state index in [0.717, 1.165) is 37.0 Å². The van der Waals surface area contributed by atoms with Gasteiger partial charge in [0.25, 0.3) is 0 Å². The van der Waals surface area contributed by atoms with Gasteiger partial charge in [0.1, 0.15) is 5.58 Å². The van der Waals surface area contributed by atoms with E-state index in [4.69, 9.17) is 4.42 Å². The van der Waals surface area contributed by atoms with Crippen molar-refractivity contribution in [2.24, 2.45) is 5.10 Å². The van der Waals surface area contributed by atoms with Gasteiger partial charge in [0.05, 0.1) is 6.21 Å². The summed E-state index contributed by atoms with van der Waals surface area (Å²) < 4.78 is 6.55. The largest absolute Gasteiger partial charge is 0.451 e. The highest BCUT2D eigenvalue weighted by molar-refractivity contribution is 9.10. The highest BCUT2D eigenvalue weighted by Crippen LogP contribution is 2.27. The first-order chi connectivity index (χ1) is 14.2. The van der Waals surface area contributed by atoms with E-state index in [1.54, 1.807) is 12.3 Å². The number of amides is 1. The van der Waals surface area contributed by atoms with Gasteiger partial charge < -0.3 is 4.42 Å². The number of furan rings is 1. The first kappa shape index (κ1) is 17.6. The maximum absolute atomic E-state index is 12.5. The molecule has 140 valence electrons. The van der Waals surface area contributed by atoms with Gasteiger partial charge in [-0.1, -0.05) is 64.5 Å². The van der Waals surface area contributed by atoms with E-state index < -0.39 is 5.91 Å².